The van der Waals surface area contributed by atoms with Gasteiger partial charge in [-0.3, -0.25) is 0 Å². The molecule has 0 aromatic heterocycles. The quantitative estimate of drug-likeness (QED) is 0.128. The van der Waals surface area contributed by atoms with Gasteiger partial charge in [0.2, 0.25) is 0 Å². The van der Waals surface area contributed by atoms with E-state index in [0.29, 0.717) is 5.92 Å². The molecule has 0 spiro atoms. The van der Waals surface area contributed by atoms with E-state index in [2.05, 4.69) is 122 Å². The summed E-state index contributed by atoms with van der Waals surface area (Å²) in [5.74, 6) is 1.55. The second kappa shape index (κ2) is 14.6. The fraction of sp³-hybridized carbons (Fsp3) is 0.405. The molecule has 224 valence electrons. The topological polar surface area (TPSA) is 0 Å². The van der Waals surface area contributed by atoms with Crippen LogP contribution in [0.15, 0.2) is 97.1 Å². The third-order valence-corrected chi connectivity index (χ3v) is 11.4. The average Bonchev–Trinajstić information content (AvgIpc) is 3.68. The minimum Gasteiger partial charge on any atom is -0.214 e. The third-order valence-electron chi connectivity index (χ3n) is 8.89. The van der Waals surface area contributed by atoms with Crippen LogP contribution < -0.4 is 0 Å². The van der Waals surface area contributed by atoms with Crippen molar-refractivity contribution >= 4 is 24.8 Å². The largest absolute Gasteiger partial charge is 0.214 e. The van der Waals surface area contributed by atoms with Gasteiger partial charge < -0.3 is 0 Å². The number of fused-ring (bicyclic) bond motifs is 3. The Labute approximate surface area is 276 Å². The van der Waals surface area contributed by atoms with Gasteiger partial charge >= 0.3 is 120 Å². The van der Waals surface area contributed by atoms with E-state index < -0.39 is 0 Å². The molecule has 0 radical (unpaired) electrons. The van der Waals surface area contributed by atoms with Crippen LogP contribution in [0.4, 0.5) is 0 Å². The summed E-state index contributed by atoms with van der Waals surface area (Å²) in [6.07, 6.45) is 7.22. The molecular formula is C42H52Hf. The van der Waals surface area contributed by atoms with E-state index in [1.54, 1.807) is 3.26 Å². The van der Waals surface area contributed by atoms with Crippen molar-refractivity contribution in [2.75, 3.05) is 0 Å². The smallest absolute Gasteiger partial charge is 0.172 e. The summed E-state index contributed by atoms with van der Waals surface area (Å²) in [5, 5.41) is 5.48. The Bertz CT molecular complexity index is 1490. The number of hydrogen-bond donors (Lipinski definition) is 0. The first-order valence-corrected chi connectivity index (χ1v) is 18.1. The van der Waals surface area contributed by atoms with E-state index >= 15 is 0 Å². The van der Waals surface area contributed by atoms with Gasteiger partial charge in [0.15, 0.2) is 0 Å². The van der Waals surface area contributed by atoms with Crippen LogP contribution in [0.5, 0.6) is 0 Å². The van der Waals surface area contributed by atoms with Gasteiger partial charge in [0, 0.05) is 0 Å². The molecule has 0 atom stereocenters. The molecule has 1 aliphatic rings. The van der Waals surface area contributed by atoms with Gasteiger partial charge in [-0.05, 0) is 10.8 Å². The zero-order chi connectivity index (χ0) is 31.2. The van der Waals surface area contributed by atoms with Crippen LogP contribution in [0.25, 0.3) is 21.5 Å². The minimum absolute atomic E-state index is 0.203. The monoisotopic (exact) mass is 736 g/mol. The Morgan fingerprint density at radius 3 is 1.58 bits per heavy atom. The molecule has 0 aliphatic heterocycles. The molecule has 0 amide bonds. The first-order chi connectivity index (χ1) is 20.3. The molecule has 1 heteroatoms. The van der Waals surface area contributed by atoms with E-state index in [1.807, 2.05) is 30.3 Å². The van der Waals surface area contributed by atoms with Crippen LogP contribution in [0.3, 0.4) is 0 Å². The zero-order valence-corrected chi connectivity index (χ0v) is 31.5. The van der Waals surface area contributed by atoms with Gasteiger partial charge in [-0.1, -0.05) is 76.9 Å². The summed E-state index contributed by atoms with van der Waals surface area (Å²) >= 11 is 1.23. The molecule has 0 saturated heterocycles. The molecule has 6 rings (SSSR count). The van der Waals surface area contributed by atoms with E-state index in [4.69, 9.17) is 0 Å². The van der Waals surface area contributed by atoms with Gasteiger partial charge in [-0.15, -0.1) is 39.7 Å². The summed E-state index contributed by atoms with van der Waals surface area (Å²) in [4.78, 5) is 0. The second-order valence-electron chi connectivity index (χ2n) is 14.7. The molecule has 5 aromatic rings. The Morgan fingerprint density at radius 1 is 0.698 bits per heavy atom. The van der Waals surface area contributed by atoms with Crippen molar-refractivity contribution in [3.05, 3.63) is 119 Å². The second-order valence-corrected chi connectivity index (χ2v) is 16.7. The Kier molecular flexibility index (Phi) is 11.4. The molecule has 1 saturated carbocycles. The normalized spacial score (nSPS) is 14.3. The predicted octanol–water partition coefficient (Wildman–Crippen LogP) is 12.2. The van der Waals surface area contributed by atoms with Gasteiger partial charge in [0.1, 0.15) is 0 Å². The summed E-state index contributed by atoms with van der Waals surface area (Å²) in [5.41, 5.74) is 6.20. The molecule has 5 aromatic carbocycles. The van der Waals surface area contributed by atoms with Crippen LogP contribution in [0.1, 0.15) is 116 Å². The van der Waals surface area contributed by atoms with Crippen molar-refractivity contribution < 1.29 is 23.9 Å². The van der Waals surface area contributed by atoms with E-state index in [-0.39, 0.29) is 10.8 Å². The van der Waals surface area contributed by atoms with Crippen LogP contribution in [0, 0.1) is 5.92 Å². The summed E-state index contributed by atoms with van der Waals surface area (Å²) in [6, 6.07) is 35.5. The van der Waals surface area contributed by atoms with Gasteiger partial charge in [0.25, 0.3) is 0 Å². The maximum atomic E-state index is 2.35. The Balaban J connectivity index is 0.000000172. The van der Waals surface area contributed by atoms with Crippen LogP contribution in [-0.4, -0.2) is 3.26 Å². The molecular weight excluding hydrogens is 683 g/mol. The van der Waals surface area contributed by atoms with Crippen molar-refractivity contribution in [2.45, 2.75) is 104 Å². The fourth-order valence-corrected chi connectivity index (χ4v) is 7.59. The molecule has 1 aliphatic carbocycles. The van der Waals surface area contributed by atoms with E-state index in [0.717, 1.165) is 5.92 Å². The van der Waals surface area contributed by atoms with Gasteiger partial charge in [0.05, 0.1) is 0 Å². The molecule has 0 heterocycles. The third kappa shape index (κ3) is 9.07. The average molecular weight is 735 g/mol. The fourth-order valence-electron chi connectivity index (χ4n) is 5.95. The zero-order valence-electron chi connectivity index (χ0n) is 27.9. The summed E-state index contributed by atoms with van der Waals surface area (Å²) in [7, 11) is 0. The van der Waals surface area contributed by atoms with E-state index in [9.17, 15) is 0 Å². The van der Waals surface area contributed by atoms with Crippen LogP contribution >= 0.6 is 0 Å². The van der Waals surface area contributed by atoms with Crippen molar-refractivity contribution in [1.82, 2.24) is 0 Å². The Morgan fingerprint density at radius 2 is 1.19 bits per heavy atom. The minimum atomic E-state index is 0.203. The predicted molar refractivity (Wildman–Crippen MR) is 188 cm³/mol. The van der Waals surface area contributed by atoms with Crippen molar-refractivity contribution in [3.63, 3.8) is 0 Å². The van der Waals surface area contributed by atoms with E-state index in [1.165, 1.54) is 99.8 Å². The molecule has 0 unspecified atom stereocenters. The van der Waals surface area contributed by atoms with Crippen LogP contribution in [-0.2, 0) is 34.7 Å². The molecule has 0 nitrogen and oxygen atoms in total. The first kappa shape index (κ1) is 33.5. The maximum absolute atomic E-state index is 2.35. The molecule has 43 heavy (non-hydrogen) atoms. The molecule has 1 fully saturated rings. The van der Waals surface area contributed by atoms with Crippen molar-refractivity contribution in [2.24, 2.45) is 5.92 Å². The standard InChI is InChI=1S/C21H25.C16H22.C5H5.Hf/c1-20(2,3)16-7-9-18-14(12-16)11-15-13-17(21(4,5)6)8-10-19(15)18;1-13(2)16-10-8-15(9-11-16)12-14-6-4-3-5-7-14;1-2-4-5-3-1;/h7-13H,1-6H3;8-11,13-14H,3-7H2,1-2H3;1-5H;/q-1;;-1;+2. The number of benzene rings is 3. The number of hydrogen-bond acceptors (Lipinski definition) is 0. The molecule has 0 bridgehead atoms. The van der Waals surface area contributed by atoms with Crippen LogP contribution in [0.2, 0.25) is 0 Å². The Hall–Kier alpha value is -2.38. The first-order valence-electron chi connectivity index (χ1n) is 16.3. The molecule has 0 N–H and O–H groups in total. The van der Waals surface area contributed by atoms with Gasteiger partial charge in [-0.2, -0.15) is 18.2 Å². The summed E-state index contributed by atoms with van der Waals surface area (Å²) in [6.45, 7) is 18.2. The number of rotatable bonds is 3. The SMILES string of the molecule is CC(C)(C)c1ccc2c(c1)[cH-]c1cc(C(C)(C)C)ccc12.CC(C)c1ccc([C](=[Hf+2])C2CCCCC2)cc1.c1cc[cH-]c1. The summed E-state index contributed by atoms with van der Waals surface area (Å²) < 4.78 is 1.75. The van der Waals surface area contributed by atoms with Crippen molar-refractivity contribution in [1.29, 1.82) is 0 Å². The maximum Gasteiger partial charge on any atom is -0.172 e. The van der Waals surface area contributed by atoms with Crippen molar-refractivity contribution in [3.8, 4) is 0 Å². The van der Waals surface area contributed by atoms with Gasteiger partial charge in [-0.25, -0.2) is 12.1 Å².